The van der Waals surface area contributed by atoms with Crippen molar-refractivity contribution in [3.63, 3.8) is 0 Å². The Labute approximate surface area is 176 Å². The van der Waals surface area contributed by atoms with Crippen molar-refractivity contribution < 1.29 is 13.2 Å². The molecule has 0 radical (unpaired) electrons. The van der Waals surface area contributed by atoms with Crippen molar-refractivity contribution in [2.24, 2.45) is 0 Å². The van der Waals surface area contributed by atoms with Gasteiger partial charge in [-0.1, -0.05) is 23.7 Å². The van der Waals surface area contributed by atoms with Crippen LogP contribution >= 0.6 is 11.6 Å². The number of sulfonamides is 1. The number of aryl methyl sites for hydroxylation is 1. The molecule has 29 heavy (non-hydrogen) atoms. The summed E-state index contributed by atoms with van der Waals surface area (Å²) >= 11 is 6.11. The van der Waals surface area contributed by atoms with Crippen molar-refractivity contribution in [2.75, 3.05) is 62.3 Å². The number of aromatic nitrogens is 2. The maximum Gasteiger partial charge on any atom is 0.244 e. The molecule has 0 saturated carbocycles. The molecule has 2 fully saturated rings. The zero-order valence-corrected chi connectivity index (χ0v) is 17.9. The summed E-state index contributed by atoms with van der Waals surface area (Å²) in [4.78, 5) is 13.7. The first-order valence-corrected chi connectivity index (χ1v) is 11.4. The third-order valence-corrected chi connectivity index (χ3v) is 7.54. The van der Waals surface area contributed by atoms with E-state index in [2.05, 4.69) is 14.8 Å². The Morgan fingerprint density at radius 2 is 1.66 bits per heavy atom. The normalized spacial score (nSPS) is 18.8. The quantitative estimate of drug-likeness (QED) is 0.721. The fourth-order valence-electron chi connectivity index (χ4n) is 3.55. The molecular weight excluding hydrogens is 414 g/mol. The summed E-state index contributed by atoms with van der Waals surface area (Å²) in [5.41, 5.74) is 0.891. The van der Waals surface area contributed by atoms with Crippen LogP contribution in [0.5, 0.6) is 0 Å². The predicted molar refractivity (Wildman–Crippen MR) is 112 cm³/mol. The van der Waals surface area contributed by atoms with Crippen LogP contribution in [-0.4, -0.2) is 75.2 Å². The molecule has 0 amide bonds. The summed E-state index contributed by atoms with van der Waals surface area (Å²) in [6.45, 7) is 6.71. The number of halogens is 1. The number of hydrogen-bond donors (Lipinski definition) is 0. The van der Waals surface area contributed by atoms with Crippen LogP contribution in [0, 0.1) is 6.92 Å². The molecule has 2 aliphatic heterocycles. The molecule has 2 aliphatic rings. The molecule has 2 aromatic rings. The molecule has 4 rings (SSSR count). The van der Waals surface area contributed by atoms with Gasteiger partial charge in [0.1, 0.15) is 10.7 Å². The van der Waals surface area contributed by atoms with E-state index in [0.717, 1.165) is 24.6 Å². The molecule has 0 atom stereocenters. The van der Waals surface area contributed by atoms with E-state index in [1.165, 1.54) is 4.31 Å². The number of ether oxygens (including phenoxy) is 1. The highest BCUT2D eigenvalue weighted by Crippen LogP contribution is 2.26. The lowest BCUT2D eigenvalue weighted by molar-refractivity contribution is 0.122. The average Bonchev–Trinajstić information content (AvgIpc) is 2.74. The Balaban J connectivity index is 1.48. The lowest BCUT2D eigenvalue weighted by atomic mass is 10.3. The van der Waals surface area contributed by atoms with E-state index in [1.807, 2.05) is 13.0 Å². The lowest BCUT2D eigenvalue weighted by Crippen LogP contribution is -2.49. The largest absolute Gasteiger partial charge is 0.378 e. The van der Waals surface area contributed by atoms with Gasteiger partial charge in [-0.3, -0.25) is 0 Å². The first-order valence-electron chi connectivity index (χ1n) is 9.63. The van der Waals surface area contributed by atoms with Gasteiger partial charge >= 0.3 is 0 Å². The van der Waals surface area contributed by atoms with E-state index < -0.39 is 10.0 Å². The Bertz CT molecular complexity index is 974. The molecule has 10 heteroatoms. The monoisotopic (exact) mass is 437 g/mol. The fourth-order valence-corrected chi connectivity index (χ4v) is 5.47. The molecule has 0 bridgehead atoms. The molecule has 0 aliphatic carbocycles. The van der Waals surface area contributed by atoms with Gasteiger partial charge in [0.25, 0.3) is 0 Å². The van der Waals surface area contributed by atoms with Gasteiger partial charge < -0.3 is 14.5 Å². The van der Waals surface area contributed by atoms with E-state index in [1.54, 1.807) is 24.3 Å². The third-order valence-electron chi connectivity index (χ3n) is 5.14. The lowest BCUT2D eigenvalue weighted by Gasteiger charge is -2.35. The van der Waals surface area contributed by atoms with Crippen LogP contribution in [0.15, 0.2) is 35.2 Å². The first-order chi connectivity index (χ1) is 13.9. The van der Waals surface area contributed by atoms with Gasteiger partial charge in [0.2, 0.25) is 16.0 Å². The summed E-state index contributed by atoms with van der Waals surface area (Å²) in [5.74, 6) is 1.53. The first kappa shape index (κ1) is 20.3. The van der Waals surface area contributed by atoms with E-state index >= 15 is 0 Å². The Hall–Kier alpha value is -1.94. The molecule has 1 aromatic heterocycles. The minimum absolute atomic E-state index is 0.155. The van der Waals surface area contributed by atoms with Gasteiger partial charge in [0.05, 0.1) is 18.2 Å². The molecule has 0 spiro atoms. The van der Waals surface area contributed by atoms with Gasteiger partial charge in [-0.15, -0.1) is 0 Å². The van der Waals surface area contributed by atoms with Crippen molar-refractivity contribution in [1.29, 1.82) is 0 Å². The number of nitrogens with zero attached hydrogens (tertiary/aromatic N) is 5. The minimum Gasteiger partial charge on any atom is -0.378 e. The number of morpholine rings is 1. The summed E-state index contributed by atoms with van der Waals surface area (Å²) in [7, 11) is -3.61. The zero-order valence-electron chi connectivity index (χ0n) is 16.3. The van der Waals surface area contributed by atoms with Crippen LogP contribution in [0.4, 0.5) is 11.8 Å². The van der Waals surface area contributed by atoms with Crippen LogP contribution in [0.2, 0.25) is 5.02 Å². The number of piperazine rings is 1. The highest BCUT2D eigenvalue weighted by Gasteiger charge is 2.30. The van der Waals surface area contributed by atoms with Crippen LogP contribution in [-0.2, 0) is 14.8 Å². The summed E-state index contributed by atoms with van der Waals surface area (Å²) in [6, 6.07) is 8.50. The Morgan fingerprint density at radius 3 is 2.34 bits per heavy atom. The van der Waals surface area contributed by atoms with Crippen molar-refractivity contribution in [3.05, 3.63) is 41.0 Å². The predicted octanol–water partition coefficient (Wildman–Crippen LogP) is 1.79. The van der Waals surface area contributed by atoms with Gasteiger partial charge in [-0.25, -0.2) is 13.4 Å². The summed E-state index contributed by atoms with van der Waals surface area (Å²) in [5, 5.41) is 0.247. The summed E-state index contributed by atoms with van der Waals surface area (Å²) in [6.07, 6.45) is 0. The van der Waals surface area contributed by atoms with E-state index in [9.17, 15) is 8.42 Å². The second-order valence-electron chi connectivity index (χ2n) is 7.09. The fraction of sp³-hybridized carbons (Fsp3) is 0.474. The average molecular weight is 438 g/mol. The highest BCUT2D eigenvalue weighted by molar-refractivity contribution is 7.89. The van der Waals surface area contributed by atoms with E-state index in [-0.39, 0.29) is 9.92 Å². The van der Waals surface area contributed by atoms with Crippen LogP contribution in [0.1, 0.15) is 5.69 Å². The topological polar surface area (TPSA) is 78.9 Å². The minimum atomic E-state index is -3.61. The second-order valence-corrected chi connectivity index (χ2v) is 9.40. The van der Waals surface area contributed by atoms with Crippen LogP contribution in [0.3, 0.4) is 0 Å². The molecule has 1 aromatic carbocycles. The maximum atomic E-state index is 12.9. The van der Waals surface area contributed by atoms with E-state index in [0.29, 0.717) is 45.3 Å². The Kier molecular flexibility index (Phi) is 5.91. The third kappa shape index (κ3) is 4.32. The van der Waals surface area contributed by atoms with Crippen molar-refractivity contribution >= 4 is 33.4 Å². The van der Waals surface area contributed by atoms with Gasteiger partial charge in [-0.2, -0.15) is 9.29 Å². The zero-order chi connectivity index (χ0) is 20.4. The second kappa shape index (κ2) is 8.43. The smallest absolute Gasteiger partial charge is 0.244 e. The highest BCUT2D eigenvalue weighted by atomic mass is 35.5. The number of benzene rings is 1. The van der Waals surface area contributed by atoms with Gasteiger partial charge in [0.15, 0.2) is 0 Å². The van der Waals surface area contributed by atoms with Gasteiger partial charge in [-0.05, 0) is 19.1 Å². The summed E-state index contributed by atoms with van der Waals surface area (Å²) < 4.78 is 32.8. The molecule has 2 saturated heterocycles. The van der Waals surface area contributed by atoms with Crippen molar-refractivity contribution in [3.8, 4) is 0 Å². The van der Waals surface area contributed by atoms with Crippen molar-refractivity contribution in [2.45, 2.75) is 11.8 Å². The molecular formula is C19H24ClN5O3S. The number of rotatable bonds is 4. The maximum absolute atomic E-state index is 12.9. The molecule has 3 heterocycles. The standard InChI is InChI=1S/C19H24ClN5O3S/c1-15-14-18(22-19(21-15)24-10-12-28-13-11-24)23-6-8-25(9-7-23)29(26,27)17-5-3-2-4-16(17)20/h2-5,14H,6-13H2,1H3. The SMILES string of the molecule is Cc1cc(N2CCN(S(=O)(=O)c3ccccc3Cl)CC2)nc(N2CCOCC2)n1. The van der Waals surface area contributed by atoms with Gasteiger partial charge in [0, 0.05) is 51.0 Å². The molecule has 8 nitrogen and oxygen atoms in total. The van der Waals surface area contributed by atoms with Crippen LogP contribution < -0.4 is 9.80 Å². The molecule has 156 valence electrons. The number of anilines is 2. The van der Waals surface area contributed by atoms with Crippen LogP contribution in [0.25, 0.3) is 0 Å². The Morgan fingerprint density at radius 1 is 0.966 bits per heavy atom. The molecule has 0 N–H and O–H groups in total. The van der Waals surface area contributed by atoms with Crippen molar-refractivity contribution in [1.82, 2.24) is 14.3 Å². The number of hydrogen-bond acceptors (Lipinski definition) is 7. The molecule has 0 unspecified atom stereocenters. The van der Waals surface area contributed by atoms with E-state index in [4.69, 9.17) is 21.3 Å².